The van der Waals surface area contributed by atoms with Gasteiger partial charge in [0.1, 0.15) is 5.60 Å². The molecule has 4 rings (SSSR count). The molecule has 21 heavy (non-hydrogen) atoms. The molecule has 2 amide bonds. The van der Waals surface area contributed by atoms with Gasteiger partial charge in [-0.3, -0.25) is 9.59 Å². The maximum atomic E-state index is 12.8. The second-order valence-electron chi connectivity index (χ2n) is 6.04. The first-order valence-corrected chi connectivity index (χ1v) is 6.97. The fraction of sp³-hybridized carbons (Fsp3) is 0.375. The molecule has 108 valence electrons. The molecule has 3 heterocycles. The Bertz CT molecular complexity index is 670. The number of aliphatic hydroxyl groups excluding tert-OH is 1. The van der Waals surface area contributed by atoms with Crippen LogP contribution in [0, 0.1) is 11.8 Å². The van der Waals surface area contributed by atoms with Gasteiger partial charge in [-0.2, -0.15) is 0 Å². The van der Waals surface area contributed by atoms with Crippen molar-refractivity contribution in [1.82, 2.24) is 0 Å². The van der Waals surface area contributed by atoms with Crippen molar-refractivity contribution >= 4 is 17.5 Å². The van der Waals surface area contributed by atoms with Crippen LogP contribution in [0.1, 0.15) is 6.92 Å². The standard InChI is InChI=1S/C16H15NO4/c1-15-7-8-16(9-18,21-15)12-11(15)13(19)17(14(12)20)10-5-3-2-4-6-10/h2-8,11-12,18H,9H2,1H3/t11-,12+,15-,16-/m0/s1. The second-order valence-corrected chi connectivity index (χ2v) is 6.04. The zero-order valence-corrected chi connectivity index (χ0v) is 11.5. The van der Waals surface area contributed by atoms with Crippen LogP contribution in [0.5, 0.6) is 0 Å². The lowest BCUT2D eigenvalue weighted by Gasteiger charge is -2.26. The lowest BCUT2D eigenvalue weighted by atomic mass is 9.73. The molecule has 1 N–H and O–H groups in total. The summed E-state index contributed by atoms with van der Waals surface area (Å²) in [6.45, 7) is 1.49. The summed E-state index contributed by atoms with van der Waals surface area (Å²) in [6, 6.07) is 8.88. The number of fused-ring (bicyclic) bond motifs is 5. The molecule has 1 aromatic carbocycles. The van der Waals surface area contributed by atoms with E-state index in [-0.39, 0.29) is 18.4 Å². The van der Waals surface area contributed by atoms with E-state index in [4.69, 9.17) is 4.74 Å². The Morgan fingerprint density at radius 2 is 1.81 bits per heavy atom. The maximum absolute atomic E-state index is 12.8. The predicted octanol–water partition coefficient (Wildman–Crippen LogP) is 0.882. The minimum Gasteiger partial charge on any atom is -0.393 e. The van der Waals surface area contributed by atoms with Crippen molar-refractivity contribution < 1.29 is 19.4 Å². The van der Waals surface area contributed by atoms with E-state index in [1.54, 1.807) is 43.3 Å². The monoisotopic (exact) mass is 285 g/mol. The molecular weight excluding hydrogens is 270 g/mol. The van der Waals surface area contributed by atoms with Crippen molar-refractivity contribution in [3.05, 3.63) is 42.5 Å². The van der Waals surface area contributed by atoms with Gasteiger partial charge in [0.2, 0.25) is 11.8 Å². The molecule has 3 aliphatic heterocycles. The Labute approximate surface area is 121 Å². The van der Waals surface area contributed by atoms with Gasteiger partial charge in [-0.25, -0.2) is 4.90 Å². The number of rotatable bonds is 2. The van der Waals surface area contributed by atoms with Crippen LogP contribution in [0.4, 0.5) is 5.69 Å². The lowest BCUT2D eigenvalue weighted by Crippen LogP contribution is -2.43. The Kier molecular flexibility index (Phi) is 2.31. The van der Waals surface area contributed by atoms with Gasteiger partial charge < -0.3 is 9.84 Å². The van der Waals surface area contributed by atoms with Crippen molar-refractivity contribution in [3.8, 4) is 0 Å². The molecule has 0 spiro atoms. The minimum absolute atomic E-state index is 0.252. The van der Waals surface area contributed by atoms with Crippen molar-refractivity contribution in [3.63, 3.8) is 0 Å². The molecule has 4 atom stereocenters. The van der Waals surface area contributed by atoms with Crippen LogP contribution in [0.2, 0.25) is 0 Å². The van der Waals surface area contributed by atoms with Gasteiger partial charge in [0.15, 0.2) is 0 Å². The average molecular weight is 285 g/mol. The first kappa shape index (κ1) is 12.7. The van der Waals surface area contributed by atoms with E-state index >= 15 is 0 Å². The summed E-state index contributed by atoms with van der Waals surface area (Å²) >= 11 is 0. The smallest absolute Gasteiger partial charge is 0.241 e. The number of benzene rings is 1. The molecule has 2 saturated heterocycles. The summed E-state index contributed by atoms with van der Waals surface area (Å²) in [5.74, 6) is -1.76. The van der Waals surface area contributed by atoms with Crippen LogP contribution in [-0.2, 0) is 14.3 Å². The highest BCUT2D eigenvalue weighted by Gasteiger charge is 2.72. The number of anilines is 1. The Morgan fingerprint density at radius 3 is 2.48 bits per heavy atom. The summed E-state index contributed by atoms with van der Waals surface area (Å²) in [5, 5.41) is 9.71. The number of aliphatic hydroxyl groups is 1. The number of amides is 2. The van der Waals surface area contributed by atoms with Gasteiger partial charge in [0.25, 0.3) is 0 Å². The molecule has 0 radical (unpaired) electrons. The number of ether oxygens (including phenoxy) is 1. The number of carbonyl (C=O) groups excluding carboxylic acids is 2. The first-order valence-electron chi connectivity index (χ1n) is 6.97. The molecule has 5 nitrogen and oxygen atoms in total. The largest absolute Gasteiger partial charge is 0.393 e. The Balaban J connectivity index is 1.83. The third-order valence-corrected chi connectivity index (χ3v) is 4.82. The first-order chi connectivity index (χ1) is 10.0. The Morgan fingerprint density at radius 1 is 1.14 bits per heavy atom. The van der Waals surface area contributed by atoms with E-state index in [0.29, 0.717) is 5.69 Å². The van der Waals surface area contributed by atoms with Crippen molar-refractivity contribution in [2.75, 3.05) is 11.5 Å². The summed E-state index contributed by atoms with van der Waals surface area (Å²) in [4.78, 5) is 26.8. The third kappa shape index (κ3) is 1.37. The van der Waals surface area contributed by atoms with Crippen LogP contribution in [0.25, 0.3) is 0 Å². The van der Waals surface area contributed by atoms with Crippen LogP contribution in [0.3, 0.4) is 0 Å². The van der Waals surface area contributed by atoms with E-state index in [1.807, 2.05) is 6.07 Å². The number of para-hydroxylation sites is 1. The van der Waals surface area contributed by atoms with Gasteiger partial charge in [-0.05, 0) is 19.1 Å². The second kappa shape index (κ2) is 3.81. The van der Waals surface area contributed by atoms with Gasteiger partial charge in [-0.15, -0.1) is 0 Å². The van der Waals surface area contributed by atoms with Crippen LogP contribution in [-0.4, -0.2) is 34.7 Å². The summed E-state index contributed by atoms with van der Waals surface area (Å²) in [6.07, 6.45) is 3.53. The van der Waals surface area contributed by atoms with E-state index in [2.05, 4.69) is 0 Å². The van der Waals surface area contributed by atoms with Crippen LogP contribution < -0.4 is 4.90 Å². The highest BCUT2D eigenvalue weighted by molar-refractivity contribution is 6.23. The maximum Gasteiger partial charge on any atom is 0.241 e. The van der Waals surface area contributed by atoms with Crippen molar-refractivity contribution in [2.24, 2.45) is 11.8 Å². The van der Waals surface area contributed by atoms with E-state index in [0.717, 1.165) is 0 Å². The fourth-order valence-electron chi connectivity index (χ4n) is 3.87. The molecule has 5 heteroatoms. The number of imide groups is 1. The summed E-state index contributed by atoms with van der Waals surface area (Å²) in [7, 11) is 0. The van der Waals surface area contributed by atoms with Crippen molar-refractivity contribution in [2.45, 2.75) is 18.1 Å². The number of hydrogen-bond donors (Lipinski definition) is 1. The third-order valence-electron chi connectivity index (χ3n) is 4.82. The van der Waals surface area contributed by atoms with Crippen molar-refractivity contribution in [1.29, 1.82) is 0 Å². The molecular formula is C16H15NO4. The molecule has 2 bridgehead atoms. The number of hydrogen-bond acceptors (Lipinski definition) is 4. The Hall–Kier alpha value is -1.98. The highest BCUT2D eigenvalue weighted by Crippen LogP contribution is 2.57. The average Bonchev–Trinajstić information content (AvgIpc) is 3.06. The summed E-state index contributed by atoms with van der Waals surface area (Å²) < 4.78 is 5.86. The molecule has 3 aliphatic rings. The molecule has 2 fully saturated rings. The lowest BCUT2D eigenvalue weighted by molar-refractivity contribution is -0.131. The van der Waals surface area contributed by atoms with Gasteiger partial charge in [0.05, 0.1) is 29.7 Å². The van der Waals surface area contributed by atoms with E-state index in [9.17, 15) is 14.7 Å². The van der Waals surface area contributed by atoms with E-state index in [1.165, 1.54) is 4.90 Å². The molecule has 0 saturated carbocycles. The van der Waals surface area contributed by atoms with E-state index < -0.39 is 23.0 Å². The predicted molar refractivity (Wildman–Crippen MR) is 74.4 cm³/mol. The molecule has 1 aromatic rings. The van der Waals surface area contributed by atoms with Crippen LogP contribution >= 0.6 is 0 Å². The molecule has 0 aromatic heterocycles. The zero-order valence-electron chi connectivity index (χ0n) is 11.5. The number of carbonyl (C=O) groups is 2. The van der Waals surface area contributed by atoms with Crippen LogP contribution in [0.15, 0.2) is 42.5 Å². The van der Waals surface area contributed by atoms with Gasteiger partial charge in [-0.1, -0.05) is 30.4 Å². The highest BCUT2D eigenvalue weighted by atomic mass is 16.5. The normalized spacial score (nSPS) is 40.2. The quantitative estimate of drug-likeness (QED) is 0.647. The van der Waals surface area contributed by atoms with Gasteiger partial charge in [0, 0.05) is 0 Å². The molecule has 0 unspecified atom stereocenters. The topological polar surface area (TPSA) is 66.8 Å². The van der Waals surface area contributed by atoms with Gasteiger partial charge >= 0.3 is 0 Å². The summed E-state index contributed by atoms with van der Waals surface area (Å²) in [5.41, 5.74) is -1.31. The molecule has 0 aliphatic carbocycles. The zero-order chi connectivity index (χ0) is 14.8. The minimum atomic E-state index is -1.06. The fourth-order valence-corrected chi connectivity index (χ4v) is 3.87. The number of nitrogens with zero attached hydrogens (tertiary/aromatic N) is 1. The SMILES string of the molecule is C[C@@]12C=C[C@@](CO)(O1)[C@H]1C(=O)N(c3ccccc3)C(=O)[C@H]12.